The Morgan fingerprint density at radius 1 is 1.07 bits per heavy atom. The van der Waals surface area contributed by atoms with E-state index in [9.17, 15) is 5.11 Å². The number of fused-ring (bicyclic) bond motifs is 2. The highest BCUT2D eigenvalue weighted by Gasteiger charge is 2.11. The van der Waals surface area contributed by atoms with Crippen molar-refractivity contribution in [1.29, 1.82) is 0 Å². The molecule has 2 aromatic heterocycles. The topological polar surface area (TPSA) is 71.2 Å². The highest BCUT2D eigenvalue weighted by molar-refractivity contribution is 5.85. The minimum atomic E-state index is -0.470. The molecule has 0 fully saturated rings. The van der Waals surface area contributed by atoms with E-state index in [0.717, 1.165) is 47.9 Å². The van der Waals surface area contributed by atoms with Crippen molar-refractivity contribution in [1.82, 2.24) is 15.3 Å². The van der Waals surface area contributed by atoms with Crippen LogP contribution in [0, 0.1) is 0 Å². The van der Waals surface area contributed by atoms with Crippen molar-refractivity contribution in [3.8, 4) is 0 Å². The van der Waals surface area contributed by atoms with Gasteiger partial charge in [0, 0.05) is 30.4 Å². The minimum Gasteiger partial charge on any atom is -0.443 e. The van der Waals surface area contributed by atoms with Crippen molar-refractivity contribution in [2.75, 3.05) is 0 Å². The van der Waals surface area contributed by atoms with E-state index in [1.54, 1.807) is 0 Å². The lowest BCUT2D eigenvalue weighted by Gasteiger charge is -2.16. The molecule has 0 aliphatic carbocycles. The average Bonchev–Trinajstić information content (AvgIpc) is 3.20. The molecule has 0 spiro atoms. The van der Waals surface area contributed by atoms with Crippen molar-refractivity contribution in [3.05, 3.63) is 72.4 Å². The van der Waals surface area contributed by atoms with Gasteiger partial charge in [0.2, 0.25) is 0 Å². The maximum atomic E-state index is 10.5. The fourth-order valence-electron chi connectivity index (χ4n) is 3.50. The number of nitrogens with one attached hydrogen (secondary N) is 1. The summed E-state index contributed by atoms with van der Waals surface area (Å²) in [5.74, 6) is 0. The summed E-state index contributed by atoms with van der Waals surface area (Å²) in [4.78, 5) is 8.31. The molecule has 0 radical (unpaired) electrons. The molecule has 4 rings (SSSR count). The number of aromatic nitrogens is 2. The molecular formula is C23H26ClN3O2. The highest BCUT2D eigenvalue weighted by atomic mass is 35.5. The zero-order valence-corrected chi connectivity index (χ0v) is 17.2. The first-order chi connectivity index (χ1) is 13.7. The Labute approximate surface area is 176 Å². The molecule has 2 N–H and O–H groups in total. The van der Waals surface area contributed by atoms with Crippen LogP contribution in [0.2, 0.25) is 0 Å². The predicted octanol–water partition coefficient (Wildman–Crippen LogP) is 5.18. The molecule has 2 atom stereocenters. The second-order valence-electron chi connectivity index (χ2n) is 7.37. The average molecular weight is 412 g/mol. The number of oxazole rings is 1. The van der Waals surface area contributed by atoms with Gasteiger partial charge in [0.05, 0.1) is 6.10 Å². The van der Waals surface area contributed by atoms with Gasteiger partial charge in [-0.2, -0.15) is 0 Å². The van der Waals surface area contributed by atoms with Crippen LogP contribution in [0.25, 0.3) is 21.9 Å². The first-order valence-corrected chi connectivity index (χ1v) is 9.76. The summed E-state index contributed by atoms with van der Waals surface area (Å²) in [5, 5.41) is 16.4. The lowest BCUT2D eigenvalue weighted by molar-refractivity contribution is 0.162. The van der Waals surface area contributed by atoms with Crippen molar-refractivity contribution < 1.29 is 9.52 Å². The van der Waals surface area contributed by atoms with Gasteiger partial charge in [-0.3, -0.25) is 4.98 Å². The molecule has 1 unspecified atom stereocenters. The normalized spacial score (nSPS) is 13.3. The third-order valence-corrected chi connectivity index (χ3v) is 5.21. The number of aliphatic hydroxyl groups is 1. The maximum Gasteiger partial charge on any atom is 0.181 e. The molecule has 0 aliphatic heterocycles. The molecule has 0 saturated carbocycles. The van der Waals surface area contributed by atoms with Crippen molar-refractivity contribution in [2.24, 2.45) is 0 Å². The van der Waals surface area contributed by atoms with Gasteiger partial charge in [0.15, 0.2) is 12.0 Å². The van der Waals surface area contributed by atoms with Crippen LogP contribution in [-0.2, 0) is 6.54 Å². The second-order valence-corrected chi connectivity index (χ2v) is 7.37. The van der Waals surface area contributed by atoms with E-state index in [2.05, 4.69) is 40.4 Å². The van der Waals surface area contributed by atoms with Crippen LogP contribution >= 0.6 is 12.4 Å². The Morgan fingerprint density at radius 3 is 2.86 bits per heavy atom. The number of rotatable bonds is 8. The molecule has 5 nitrogen and oxygen atoms in total. The Kier molecular flexibility index (Phi) is 7.20. The predicted molar refractivity (Wildman–Crippen MR) is 118 cm³/mol. The molecule has 0 aliphatic rings. The summed E-state index contributed by atoms with van der Waals surface area (Å²) in [5.41, 5.74) is 3.70. The Bertz CT molecular complexity index is 1070. The number of hydrogen-bond donors (Lipinski definition) is 2. The molecule has 152 valence electrons. The molecule has 29 heavy (non-hydrogen) atoms. The highest BCUT2D eigenvalue weighted by Crippen LogP contribution is 2.23. The smallest absolute Gasteiger partial charge is 0.181 e. The van der Waals surface area contributed by atoms with E-state index in [4.69, 9.17) is 4.42 Å². The zero-order chi connectivity index (χ0) is 19.3. The molecule has 4 aromatic rings. The number of aliphatic hydroxyl groups excluding tert-OH is 1. The third-order valence-electron chi connectivity index (χ3n) is 5.21. The van der Waals surface area contributed by atoms with Gasteiger partial charge in [-0.15, -0.1) is 12.4 Å². The summed E-state index contributed by atoms with van der Waals surface area (Å²) in [6.07, 6.45) is 7.38. The van der Waals surface area contributed by atoms with Crippen LogP contribution in [0.3, 0.4) is 0 Å². The van der Waals surface area contributed by atoms with Crippen LogP contribution in [-0.4, -0.2) is 21.1 Å². The van der Waals surface area contributed by atoms with E-state index >= 15 is 0 Å². The standard InChI is InChI=1S/C23H25N3O2.ClH/c1-16(25-13-17-5-6-20-14-24-10-9-18(20)11-17)3-2-4-22(27)19-7-8-23-21(12-19)26-15-28-23;/h5-12,14-16,22,25,27H,2-4,13H2,1H3;1H/t16-,22?;/m1./s1. The van der Waals surface area contributed by atoms with Crippen LogP contribution in [0.4, 0.5) is 0 Å². The van der Waals surface area contributed by atoms with Crippen molar-refractivity contribution in [2.45, 2.75) is 44.9 Å². The SMILES string of the molecule is C[C@H](CCCC(O)c1ccc2ocnc2c1)NCc1ccc2cnccc2c1.Cl. The van der Waals surface area contributed by atoms with E-state index in [0.29, 0.717) is 6.04 Å². The van der Waals surface area contributed by atoms with E-state index in [1.165, 1.54) is 17.3 Å². The van der Waals surface area contributed by atoms with Crippen LogP contribution in [0.1, 0.15) is 43.4 Å². The van der Waals surface area contributed by atoms with Crippen LogP contribution in [0.15, 0.2) is 65.7 Å². The van der Waals surface area contributed by atoms with Gasteiger partial charge in [-0.1, -0.05) is 18.2 Å². The molecule has 0 saturated heterocycles. The summed E-state index contributed by atoms with van der Waals surface area (Å²) in [6.45, 7) is 3.03. The zero-order valence-electron chi connectivity index (χ0n) is 16.4. The molecular weight excluding hydrogens is 386 g/mol. The molecule has 0 bridgehead atoms. The third kappa shape index (κ3) is 5.32. The lowest BCUT2D eigenvalue weighted by Crippen LogP contribution is -2.25. The summed E-state index contributed by atoms with van der Waals surface area (Å²) in [7, 11) is 0. The van der Waals surface area contributed by atoms with E-state index in [1.807, 2.05) is 36.7 Å². The lowest BCUT2D eigenvalue weighted by atomic mass is 10.0. The molecule has 6 heteroatoms. The monoisotopic (exact) mass is 411 g/mol. The number of pyridine rings is 1. The molecule has 0 amide bonds. The van der Waals surface area contributed by atoms with Gasteiger partial charge in [-0.05, 0) is 67.0 Å². The maximum absolute atomic E-state index is 10.5. The van der Waals surface area contributed by atoms with Crippen molar-refractivity contribution >= 4 is 34.3 Å². The summed E-state index contributed by atoms with van der Waals surface area (Å²) < 4.78 is 5.25. The Balaban J connectivity index is 0.00000240. The van der Waals surface area contributed by atoms with Gasteiger partial charge >= 0.3 is 0 Å². The summed E-state index contributed by atoms with van der Waals surface area (Å²) in [6, 6.07) is 14.6. The van der Waals surface area contributed by atoms with E-state index < -0.39 is 6.10 Å². The van der Waals surface area contributed by atoms with Crippen LogP contribution < -0.4 is 5.32 Å². The fourth-order valence-corrected chi connectivity index (χ4v) is 3.50. The second kappa shape index (κ2) is 9.83. The minimum absolute atomic E-state index is 0. The quantitative estimate of drug-likeness (QED) is 0.418. The van der Waals surface area contributed by atoms with E-state index in [-0.39, 0.29) is 12.4 Å². The fraction of sp³-hybridized carbons (Fsp3) is 0.304. The number of benzene rings is 2. The Hall–Kier alpha value is -2.47. The number of halogens is 1. The largest absolute Gasteiger partial charge is 0.443 e. The van der Waals surface area contributed by atoms with Gasteiger partial charge in [0.1, 0.15) is 5.52 Å². The number of hydrogen-bond acceptors (Lipinski definition) is 5. The van der Waals surface area contributed by atoms with Crippen molar-refractivity contribution in [3.63, 3.8) is 0 Å². The van der Waals surface area contributed by atoms with Gasteiger partial charge in [0.25, 0.3) is 0 Å². The molecule has 2 aromatic carbocycles. The number of nitrogens with zero attached hydrogens (tertiary/aromatic N) is 2. The van der Waals surface area contributed by atoms with Gasteiger partial charge < -0.3 is 14.8 Å². The van der Waals surface area contributed by atoms with Crippen LogP contribution in [0.5, 0.6) is 0 Å². The first kappa shape index (κ1) is 21.2. The van der Waals surface area contributed by atoms with Gasteiger partial charge in [-0.25, -0.2) is 4.98 Å². The molecule has 2 heterocycles. The Morgan fingerprint density at radius 2 is 1.97 bits per heavy atom. The summed E-state index contributed by atoms with van der Waals surface area (Å²) >= 11 is 0. The first-order valence-electron chi connectivity index (χ1n) is 9.76.